The summed E-state index contributed by atoms with van der Waals surface area (Å²) < 4.78 is 30.0. The Kier molecular flexibility index (Phi) is 3.68. The number of nitrogens with zero attached hydrogens (tertiary/aromatic N) is 1. The van der Waals surface area contributed by atoms with Crippen molar-refractivity contribution in [3.63, 3.8) is 0 Å². The molecule has 0 radical (unpaired) electrons. The quantitative estimate of drug-likeness (QED) is 0.660. The second kappa shape index (κ2) is 5.36. The monoisotopic (exact) mass is 326 g/mol. The molecule has 1 aromatic heterocycles. The number of aromatic amines is 1. The fraction of sp³-hybridized carbons (Fsp3) is 0.308. The summed E-state index contributed by atoms with van der Waals surface area (Å²) >= 11 is 0. The molecule has 0 saturated carbocycles. The molecule has 0 unspecified atom stereocenters. The zero-order valence-electron chi connectivity index (χ0n) is 11.1. The molecule has 2 aromatic rings. The molecule has 1 amide bonds. The zero-order valence-corrected chi connectivity index (χ0v) is 12.7. The average Bonchev–Trinajstić information content (AvgIpc) is 2.81. The van der Waals surface area contributed by atoms with Crippen LogP contribution in [-0.4, -0.2) is 41.1 Å². The number of hydrogen-bond donors (Lipinski definition) is 2. The maximum atomic E-state index is 12.0. The number of benzene rings is 1. The average molecular weight is 326 g/mol. The number of amides is 1. The lowest BCUT2D eigenvalue weighted by atomic mass is 10.0. The third-order valence-electron chi connectivity index (χ3n) is 3.57. The van der Waals surface area contributed by atoms with Crippen LogP contribution >= 0.6 is 10.8 Å². The molecule has 0 atom stereocenters. The van der Waals surface area contributed by atoms with Crippen molar-refractivity contribution in [2.45, 2.75) is 13.0 Å². The van der Waals surface area contributed by atoms with Crippen molar-refractivity contribution in [1.29, 1.82) is 0 Å². The van der Waals surface area contributed by atoms with Gasteiger partial charge in [0.2, 0.25) is 5.91 Å². The summed E-state index contributed by atoms with van der Waals surface area (Å²) in [5, 5.41) is 1.17. The van der Waals surface area contributed by atoms with Gasteiger partial charge >= 0.3 is 9.15 Å². The molecule has 2 heterocycles. The Morgan fingerprint density at radius 3 is 2.90 bits per heavy atom. The lowest BCUT2D eigenvalue weighted by Gasteiger charge is -2.26. The van der Waals surface area contributed by atoms with Crippen LogP contribution in [0, 0.1) is 0 Å². The molecular weight excluding hydrogens is 312 g/mol. The van der Waals surface area contributed by atoms with Crippen molar-refractivity contribution < 1.29 is 17.8 Å². The van der Waals surface area contributed by atoms with Crippen LogP contribution < -0.4 is 0 Å². The first-order valence-corrected chi connectivity index (χ1v) is 9.36. The van der Waals surface area contributed by atoms with E-state index < -0.39 is 9.15 Å². The highest BCUT2D eigenvalue weighted by Gasteiger charge is 2.24. The number of nitrogens with one attached hydrogen (secondary N) is 1. The van der Waals surface area contributed by atoms with Crippen LogP contribution in [0.3, 0.4) is 0 Å². The number of para-hydroxylation sites is 1. The minimum absolute atomic E-state index is 0.248. The van der Waals surface area contributed by atoms with Crippen molar-refractivity contribution in [2.75, 3.05) is 12.3 Å². The van der Waals surface area contributed by atoms with Crippen molar-refractivity contribution >= 4 is 36.8 Å². The van der Waals surface area contributed by atoms with Gasteiger partial charge in [0.25, 0.3) is 0 Å². The maximum Gasteiger partial charge on any atom is 0.320 e. The van der Waals surface area contributed by atoms with Crippen LogP contribution in [0.15, 0.2) is 24.3 Å². The molecule has 0 saturated heterocycles. The molecule has 1 aromatic carbocycles. The van der Waals surface area contributed by atoms with E-state index in [-0.39, 0.29) is 22.5 Å². The normalized spacial score (nSPS) is 15.2. The first-order chi connectivity index (χ1) is 9.94. The van der Waals surface area contributed by atoms with E-state index in [1.807, 2.05) is 18.2 Å². The molecule has 0 fully saturated rings. The van der Waals surface area contributed by atoms with Crippen LogP contribution in [0.1, 0.15) is 11.3 Å². The van der Waals surface area contributed by atoms with Crippen LogP contribution in [0.5, 0.6) is 0 Å². The molecule has 8 heteroatoms. The van der Waals surface area contributed by atoms with Crippen molar-refractivity contribution in [1.82, 2.24) is 9.88 Å². The Balaban J connectivity index is 1.77. The smallest absolute Gasteiger partial charge is 0.320 e. The summed E-state index contributed by atoms with van der Waals surface area (Å²) in [5.41, 5.74) is 3.26. The lowest BCUT2D eigenvalue weighted by molar-refractivity contribution is -0.129. The SMILES string of the molecule is O=C(CSS(=O)(=O)O)N1CCc2c([nH]c3ccccc23)C1. The van der Waals surface area contributed by atoms with E-state index in [1.54, 1.807) is 4.90 Å². The highest BCUT2D eigenvalue weighted by molar-refractivity contribution is 8.70. The van der Waals surface area contributed by atoms with Gasteiger partial charge in [-0.3, -0.25) is 9.35 Å². The number of hydrogen-bond acceptors (Lipinski definition) is 4. The minimum atomic E-state index is -4.18. The topological polar surface area (TPSA) is 90.5 Å². The van der Waals surface area contributed by atoms with E-state index in [1.165, 1.54) is 10.9 Å². The van der Waals surface area contributed by atoms with Gasteiger partial charge in [0.15, 0.2) is 0 Å². The van der Waals surface area contributed by atoms with Gasteiger partial charge < -0.3 is 9.88 Å². The van der Waals surface area contributed by atoms with Crippen molar-refractivity contribution in [2.24, 2.45) is 0 Å². The van der Waals surface area contributed by atoms with E-state index in [9.17, 15) is 13.2 Å². The predicted molar refractivity (Wildman–Crippen MR) is 81.4 cm³/mol. The third kappa shape index (κ3) is 3.07. The number of carbonyl (C=O) groups is 1. The molecular formula is C13H14N2O4S2. The molecule has 0 spiro atoms. The Labute approximate surface area is 125 Å². The van der Waals surface area contributed by atoms with E-state index in [4.69, 9.17) is 4.55 Å². The summed E-state index contributed by atoms with van der Waals surface area (Å²) in [6.07, 6.45) is 0.738. The molecule has 1 aliphatic heterocycles. The second-order valence-electron chi connectivity index (χ2n) is 4.88. The van der Waals surface area contributed by atoms with Gasteiger partial charge in [-0.15, -0.1) is 0 Å². The first kappa shape index (κ1) is 14.4. The number of aromatic nitrogens is 1. The molecule has 2 N–H and O–H groups in total. The Hall–Kier alpha value is -1.51. The van der Waals surface area contributed by atoms with E-state index in [0.29, 0.717) is 13.1 Å². The number of carbonyl (C=O) groups excluding carboxylic acids is 1. The van der Waals surface area contributed by atoms with E-state index >= 15 is 0 Å². The van der Waals surface area contributed by atoms with Crippen molar-refractivity contribution in [3.05, 3.63) is 35.5 Å². The third-order valence-corrected chi connectivity index (χ3v) is 5.48. The number of fused-ring (bicyclic) bond motifs is 3. The van der Waals surface area contributed by atoms with Gasteiger partial charge in [0, 0.05) is 33.9 Å². The van der Waals surface area contributed by atoms with Crippen LogP contribution in [0.2, 0.25) is 0 Å². The summed E-state index contributed by atoms with van der Waals surface area (Å²) in [6, 6.07) is 7.98. The summed E-state index contributed by atoms with van der Waals surface area (Å²) in [6.45, 7) is 0.995. The fourth-order valence-corrected chi connectivity index (χ4v) is 3.80. The van der Waals surface area contributed by atoms with E-state index in [0.717, 1.165) is 17.6 Å². The summed E-state index contributed by atoms with van der Waals surface area (Å²) in [5.74, 6) is -0.559. The fourth-order valence-electron chi connectivity index (χ4n) is 2.62. The van der Waals surface area contributed by atoms with Gasteiger partial charge in [0.05, 0.1) is 12.3 Å². The minimum Gasteiger partial charge on any atom is -0.357 e. The Morgan fingerprint density at radius 1 is 1.38 bits per heavy atom. The van der Waals surface area contributed by atoms with Gasteiger partial charge in [-0.1, -0.05) is 18.2 Å². The van der Waals surface area contributed by atoms with Crippen LogP contribution in [0.25, 0.3) is 10.9 Å². The van der Waals surface area contributed by atoms with Crippen LogP contribution in [0.4, 0.5) is 0 Å². The van der Waals surface area contributed by atoms with Gasteiger partial charge in [-0.05, 0) is 18.1 Å². The van der Waals surface area contributed by atoms with Gasteiger partial charge in [-0.2, -0.15) is 8.42 Å². The zero-order chi connectivity index (χ0) is 15.0. The lowest BCUT2D eigenvalue weighted by Crippen LogP contribution is -2.37. The number of rotatable bonds is 3. The highest BCUT2D eigenvalue weighted by Crippen LogP contribution is 2.27. The van der Waals surface area contributed by atoms with Gasteiger partial charge in [0.1, 0.15) is 0 Å². The maximum absolute atomic E-state index is 12.0. The van der Waals surface area contributed by atoms with E-state index in [2.05, 4.69) is 11.1 Å². The number of H-pyrrole nitrogens is 1. The predicted octanol–water partition coefficient (Wildman–Crippen LogP) is 1.59. The highest BCUT2D eigenvalue weighted by atomic mass is 33.1. The largest absolute Gasteiger partial charge is 0.357 e. The molecule has 6 nitrogen and oxygen atoms in total. The molecule has 112 valence electrons. The van der Waals surface area contributed by atoms with Crippen molar-refractivity contribution in [3.8, 4) is 0 Å². The van der Waals surface area contributed by atoms with Gasteiger partial charge in [-0.25, -0.2) is 0 Å². The second-order valence-corrected chi connectivity index (χ2v) is 8.23. The molecule has 3 rings (SSSR count). The summed E-state index contributed by atoms with van der Waals surface area (Å²) in [4.78, 5) is 16.9. The molecule has 1 aliphatic rings. The molecule has 0 aliphatic carbocycles. The Bertz CT molecular complexity index is 798. The first-order valence-electron chi connectivity index (χ1n) is 6.42. The standard InChI is InChI=1S/C13H14N2O4S2/c16-13(8-20-21(17,18)19)15-6-5-10-9-3-1-2-4-11(9)14-12(10)7-15/h1-4,14H,5-8H2,(H,17,18,19). The van der Waals surface area contributed by atoms with Crippen LogP contribution in [-0.2, 0) is 26.9 Å². The molecule has 21 heavy (non-hydrogen) atoms. The molecule has 0 bridgehead atoms. The Morgan fingerprint density at radius 2 is 2.14 bits per heavy atom. The summed E-state index contributed by atoms with van der Waals surface area (Å²) in [7, 11) is -3.93.